The average molecular weight is 372 g/mol. The summed E-state index contributed by atoms with van der Waals surface area (Å²) in [6, 6.07) is 16.6. The summed E-state index contributed by atoms with van der Waals surface area (Å²) in [7, 11) is 0. The molecular formula is C22H20N4O2. The van der Waals surface area contributed by atoms with Crippen molar-refractivity contribution in [3.05, 3.63) is 84.5 Å². The van der Waals surface area contributed by atoms with Crippen LogP contribution in [0.2, 0.25) is 0 Å². The fraction of sp³-hybridized carbons (Fsp3) is 0.136. The molecule has 1 amide bonds. The van der Waals surface area contributed by atoms with Crippen LogP contribution in [0.4, 0.5) is 5.69 Å². The van der Waals surface area contributed by atoms with Crippen molar-refractivity contribution in [3.8, 4) is 17.1 Å². The molecular weight excluding hydrogens is 352 g/mol. The third-order valence-corrected chi connectivity index (χ3v) is 4.36. The van der Waals surface area contributed by atoms with E-state index >= 15 is 0 Å². The third kappa shape index (κ3) is 3.71. The molecule has 0 bridgehead atoms. The molecule has 0 unspecified atom stereocenters. The standard InChI is InChI=1S/C22H20N4O2/c1-15(2)20-14-23-22(28-20)16-7-9-18(10-8-16)25-21(27)17-5-3-6-19(13-17)26-12-4-11-24-26/h3-15H,1-2H3,(H,25,27). The number of anilines is 1. The Morgan fingerprint density at radius 3 is 2.61 bits per heavy atom. The Hall–Kier alpha value is -3.67. The first-order chi connectivity index (χ1) is 13.6. The number of rotatable bonds is 5. The molecule has 0 atom stereocenters. The van der Waals surface area contributed by atoms with E-state index in [1.807, 2.05) is 48.7 Å². The molecule has 140 valence electrons. The molecule has 4 rings (SSSR count). The van der Waals surface area contributed by atoms with Crippen molar-refractivity contribution in [1.29, 1.82) is 0 Å². The van der Waals surface area contributed by atoms with Gasteiger partial charge in [0.1, 0.15) is 5.76 Å². The summed E-state index contributed by atoms with van der Waals surface area (Å²) in [5.74, 6) is 1.54. The van der Waals surface area contributed by atoms with Crippen molar-refractivity contribution >= 4 is 11.6 Å². The van der Waals surface area contributed by atoms with Crippen LogP contribution in [-0.2, 0) is 0 Å². The van der Waals surface area contributed by atoms with Gasteiger partial charge in [-0.3, -0.25) is 4.79 Å². The van der Waals surface area contributed by atoms with Crippen molar-refractivity contribution in [2.75, 3.05) is 5.32 Å². The van der Waals surface area contributed by atoms with E-state index < -0.39 is 0 Å². The quantitative estimate of drug-likeness (QED) is 0.541. The number of carbonyl (C=O) groups excluding carboxylic acids is 1. The van der Waals surface area contributed by atoms with Gasteiger partial charge in [0.05, 0.1) is 11.9 Å². The van der Waals surface area contributed by atoms with Crippen LogP contribution in [-0.4, -0.2) is 20.7 Å². The van der Waals surface area contributed by atoms with Gasteiger partial charge in [0, 0.05) is 35.1 Å². The highest BCUT2D eigenvalue weighted by Gasteiger charge is 2.11. The van der Waals surface area contributed by atoms with Crippen LogP contribution in [0.15, 0.2) is 77.6 Å². The summed E-state index contributed by atoms with van der Waals surface area (Å²) in [6.45, 7) is 4.12. The topological polar surface area (TPSA) is 73.0 Å². The van der Waals surface area contributed by atoms with Crippen LogP contribution < -0.4 is 5.32 Å². The van der Waals surface area contributed by atoms with Gasteiger partial charge in [0.2, 0.25) is 5.89 Å². The molecule has 0 saturated carbocycles. The van der Waals surface area contributed by atoms with Gasteiger partial charge in [-0.15, -0.1) is 0 Å². The molecule has 6 nitrogen and oxygen atoms in total. The first-order valence-corrected chi connectivity index (χ1v) is 9.08. The van der Waals surface area contributed by atoms with Crippen molar-refractivity contribution in [2.45, 2.75) is 19.8 Å². The molecule has 2 aromatic heterocycles. The van der Waals surface area contributed by atoms with Gasteiger partial charge in [0.25, 0.3) is 5.91 Å². The molecule has 2 heterocycles. The van der Waals surface area contributed by atoms with E-state index in [-0.39, 0.29) is 11.8 Å². The lowest BCUT2D eigenvalue weighted by atomic mass is 10.1. The number of hydrogen-bond donors (Lipinski definition) is 1. The maximum atomic E-state index is 12.6. The molecule has 28 heavy (non-hydrogen) atoms. The first-order valence-electron chi connectivity index (χ1n) is 9.08. The van der Waals surface area contributed by atoms with Crippen LogP contribution >= 0.6 is 0 Å². The minimum absolute atomic E-state index is 0.181. The van der Waals surface area contributed by atoms with E-state index in [1.165, 1.54) is 0 Å². The van der Waals surface area contributed by atoms with Crippen LogP contribution in [0, 0.1) is 0 Å². The molecule has 0 fully saturated rings. The minimum atomic E-state index is -0.181. The largest absolute Gasteiger partial charge is 0.441 e. The lowest BCUT2D eigenvalue weighted by Gasteiger charge is -2.08. The molecule has 0 aliphatic carbocycles. The predicted molar refractivity (Wildman–Crippen MR) is 108 cm³/mol. The highest BCUT2D eigenvalue weighted by Crippen LogP contribution is 2.24. The van der Waals surface area contributed by atoms with Gasteiger partial charge in [-0.05, 0) is 48.5 Å². The number of hydrogen-bond acceptors (Lipinski definition) is 4. The molecule has 0 radical (unpaired) electrons. The second kappa shape index (κ2) is 7.52. The Labute approximate surface area is 162 Å². The van der Waals surface area contributed by atoms with Crippen LogP contribution in [0.25, 0.3) is 17.1 Å². The van der Waals surface area contributed by atoms with E-state index in [1.54, 1.807) is 29.2 Å². The normalized spacial score (nSPS) is 11.0. The van der Waals surface area contributed by atoms with Gasteiger partial charge >= 0.3 is 0 Å². The lowest BCUT2D eigenvalue weighted by molar-refractivity contribution is 0.102. The summed E-state index contributed by atoms with van der Waals surface area (Å²) in [4.78, 5) is 16.9. The van der Waals surface area contributed by atoms with Gasteiger partial charge in [0.15, 0.2) is 0 Å². The Kier molecular flexibility index (Phi) is 4.76. The summed E-state index contributed by atoms with van der Waals surface area (Å²) >= 11 is 0. The summed E-state index contributed by atoms with van der Waals surface area (Å²) in [5, 5.41) is 7.11. The number of aromatic nitrogens is 3. The zero-order valence-electron chi connectivity index (χ0n) is 15.7. The van der Waals surface area contributed by atoms with Crippen LogP contribution in [0.3, 0.4) is 0 Å². The minimum Gasteiger partial charge on any atom is -0.441 e. The molecule has 0 spiro atoms. The van der Waals surface area contributed by atoms with Crippen molar-refractivity contribution in [2.24, 2.45) is 0 Å². The predicted octanol–water partition coefficient (Wildman–Crippen LogP) is 4.90. The molecule has 6 heteroatoms. The van der Waals surface area contributed by atoms with Gasteiger partial charge in [-0.2, -0.15) is 5.10 Å². The number of oxazole rings is 1. The fourth-order valence-corrected chi connectivity index (χ4v) is 2.80. The Balaban J connectivity index is 1.48. The van der Waals surface area contributed by atoms with E-state index in [2.05, 4.69) is 29.2 Å². The zero-order valence-corrected chi connectivity index (χ0v) is 15.7. The van der Waals surface area contributed by atoms with Crippen molar-refractivity contribution < 1.29 is 9.21 Å². The van der Waals surface area contributed by atoms with E-state index in [0.29, 0.717) is 17.1 Å². The average Bonchev–Trinajstić information content (AvgIpc) is 3.41. The number of nitrogens with one attached hydrogen (secondary N) is 1. The van der Waals surface area contributed by atoms with E-state index in [0.717, 1.165) is 17.0 Å². The molecule has 0 saturated heterocycles. The fourth-order valence-electron chi connectivity index (χ4n) is 2.80. The van der Waals surface area contributed by atoms with Crippen LogP contribution in [0.5, 0.6) is 0 Å². The SMILES string of the molecule is CC(C)c1cnc(-c2ccc(NC(=O)c3cccc(-n4cccn4)c3)cc2)o1. The van der Waals surface area contributed by atoms with Crippen molar-refractivity contribution in [3.63, 3.8) is 0 Å². The van der Waals surface area contributed by atoms with Gasteiger partial charge < -0.3 is 9.73 Å². The molecule has 0 aliphatic rings. The van der Waals surface area contributed by atoms with Crippen LogP contribution in [0.1, 0.15) is 35.9 Å². The van der Waals surface area contributed by atoms with Gasteiger partial charge in [-0.1, -0.05) is 19.9 Å². The number of carbonyl (C=O) groups is 1. The molecule has 2 aromatic carbocycles. The van der Waals surface area contributed by atoms with E-state index in [9.17, 15) is 4.79 Å². The lowest BCUT2D eigenvalue weighted by Crippen LogP contribution is -2.12. The number of nitrogens with zero attached hydrogens (tertiary/aromatic N) is 3. The maximum Gasteiger partial charge on any atom is 0.255 e. The number of amides is 1. The van der Waals surface area contributed by atoms with Gasteiger partial charge in [-0.25, -0.2) is 9.67 Å². The Morgan fingerprint density at radius 2 is 1.93 bits per heavy atom. The Morgan fingerprint density at radius 1 is 1.11 bits per heavy atom. The molecule has 4 aromatic rings. The summed E-state index contributed by atoms with van der Waals surface area (Å²) < 4.78 is 7.48. The second-order valence-corrected chi connectivity index (χ2v) is 6.75. The number of benzene rings is 2. The van der Waals surface area contributed by atoms with Crippen molar-refractivity contribution in [1.82, 2.24) is 14.8 Å². The summed E-state index contributed by atoms with van der Waals surface area (Å²) in [6.07, 6.45) is 5.29. The Bertz CT molecular complexity index is 1080. The molecule has 0 aliphatic heterocycles. The summed E-state index contributed by atoms with van der Waals surface area (Å²) in [5.41, 5.74) is 2.96. The maximum absolute atomic E-state index is 12.6. The zero-order chi connectivity index (χ0) is 19.5. The second-order valence-electron chi connectivity index (χ2n) is 6.75. The smallest absolute Gasteiger partial charge is 0.255 e. The first kappa shape index (κ1) is 17.7. The highest BCUT2D eigenvalue weighted by molar-refractivity contribution is 6.04. The van der Waals surface area contributed by atoms with E-state index in [4.69, 9.17) is 4.42 Å². The molecule has 1 N–H and O–H groups in total. The monoisotopic (exact) mass is 372 g/mol. The third-order valence-electron chi connectivity index (χ3n) is 4.36. The highest BCUT2D eigenvalue weighted by atomic mass is 16.4.